The van der Waals surface area contributed by atoms with Crippen molar-refractivity contribution in [1.29, 1.82) is 0 Å². The first-order valence-corrected chi connectivity index (χ1v) is 8.96. The van der Waals surface area contributed by atoms with E-state index in [2.05, 4.69) is 15.6 Å². The fourth-order valence-corrected chi connectivity index (χ4v) is 3.74. The molecule has 0 spiro atoms. The summed E-state index contributed by atoms with van der Waals surface area (Å²) < 4.78 is 24.0. The Bertz CT molecular complexity index is 684. The molecule has 0 radical (unpaired) electrons. The number of carbonyl (C=O) groups excluding carboxylic acids is 1. The number of rotatable bonds is 4. The SMILES string of the molecule is Cc1cc(=O)n(CCNC(=O)NC2CCS(=O)(=O)CC2)cn1. The summed E-state index contributed by atoms with van der Waals surface area (Å²) in [4.78, 5) is 27.4. The summed E-state index contributed by atoms with van der Waals surface area (Å²) in [6.07, 6.45) is 2.33. The fraction of sp³-hybridized carbons (Fsp3) is 0.615. The first-order valence-electron chi connectivity index (χ1n) is 7.13. The van der Waals surface area contributed by atoms with Crippen molar-refractivity contribution < 1.29 is 13.2 Å². The number of aromatic nitrogens is 2. The molecule has 122 valence electrons. The van der Waals surface area contributed by atoms with E-state index in [9.17, 15) is 18.0 Å². The Kier molecular flexibility index (Phi) is 5.17. The van der Waals surface area contributed by atoms with Gasteiger partial charge in [-0.05, 0) is 19.8 Å². The Hall–Kier alpha value is -1.90. The molecule has 2 N–H and O–H groups in total. The van der Waals surface area contributed by atoms with E-state index in [1.807, 2.05) is 0 Å². The zero-order valence-electron chi connectivity index (χ0n) is 12.4. The highest BCUT2D eigenvalue weighted by Gasteiger charge is 2.24. The quantitative estimate of drug-likeness (QED) is 0.769. The van der Waals surface area contributed by atoms with Crippen LogP contribution in [-0.4, -0.2) is 48.1 Å². The summed E-state index contributed by atoms with van der Waals surface area (Å²) in [6, 6.07) is 0.965. The number of urea groups is 1. The number of nitrogens with zero attached hydrogens (tertiary/aromatic N) is 2. The summed E-state index contributed by atoms with van der Waals surface area (Å²) in [5.41, 5.74) is 0.492. The standard InChI is InChI=1S/C13H20N4O4S/c1-10-8-12(18)17(9-15-10)5-4-14-13(19)16-11-2-6-22(20,21)7-3-11/h8-9,11H,2-7H2,1H3,(H2,14,16,19). The zero-order chi connectivity index (χ0) is 16.2. The molecule has 22 heavy (non-hydrogen) atoms. The first-order chi connectivity index (χ1) is 10.4. The van der Waals surface area contributed by atoms with E-state index in [4.69, 9.17) is 0 Å². The normalized spacial score (nSPS) is 17.9. The van der Waals surface area contributed by atoms with Crippen LogP contribution in [0, 0.1) is 6.92 Å². The van der Waals surface area contributed by atoms with Gasteiger partial charge in [0.05, 0.1) is 17.8 Å². The van der Waals surface area contributed by atoms with E-state index in [0.717, 1.165) is 0 Å². The van der Waals surface area contributed by atoms with Crippen LogP contribution in [0.25, 0.3) is 0 Å². The van der Waals surface area contributed by atoms with Crippen molar-refractivity contribution in [1.82, 2.24) is 20.2 Å². The molecule has 0 unspecified atom stereocenters. The number of amides is 2. The summed E-state index contributed by atoms with van der Waals surface area (Å²) in [6.45, 7) is 2.36. The zero-order valence-corrected chi connectivity index (χ0v) is 13.2. The molecule has 2 heterocycles. The van der Waals surface area contributed by atoms with Crippen LogP contribution in [0.3, 0.4) is 0 Å². The van der Waals surface area contributed by atoms with E-state index in [1.54, 1.807) is 6.92 Å². The van der Waals surface area contributed by atoms with Gasteiger partial charge in [0.25, 0.3) is 5.56 Å². The van der Waals surface area contributed by atoms with Gasteiger partial charge in [-0.15, -0.1) is 0 Å². The van der Waals surface area contributed by atoms with Crippen molar-refractivity contribution in [3.63, 3.8) is 0 Å². The molecule has 2 rings (SSSR count). The summed E-state index contributed by atoms with van der Waals surface area (Å²) in [5, 5.41) is 5.40. The van der Waals surface area contributed by atoms with Crippen LogP contribution in [0.15, 0.2) is 17.2 Å². The van der Waals surface area contributed by atoms with Crippen LogP contribution in [-0.2, 0) is 16.4 Å². The molecule has 1 saturated heterocycles. The van der Waals surface area contributed by atoms with Crippen molar-refractivity contribution >= 4 is 15.9 Å². The second kappa shape index (κ2) is 6.91. The second-order valence-electron chi connectivity index (χ2n) is 5.39. The molecule has 1 aromatic rings. The second-order valence-corrected chi connectivity index (χ2v) is 7.69. The highest BCUT2D eigenvalue weighted by atomic mass is 32.2. The lowest BCUT2D eigenvalue weighted by Crippen LogP contribution is -2.46. The van der Waals surface area contributed by atoms with Gasteiger partial charge in [0, 0.05) is 30.9 Å². The molecule has 1 fully saturated rings. The van der Waals surface area contributed by atoms with Gasteiger partial charge in [-0.25, -0.2) is 18.2 Å². The number of nitrogens with one attached hydrogen (secondary N) is 2. The highest BCUT2D eigenvalue weighted by Crippen LogP contribution is 2.11. The van der Waals surface area contributed by atoms with Crippen LogP contribution in [0.4, 0.5) is 4.79 Å². The van der Waals surface area contributed by atoms with Crippen molar-refractivity contribution in [2.75, 3.05) is 18.1 Å². The minimum Gasteiger partial charge on any atom is -0.336 e. The van der Waals surface area contributed by atoms with Crippen LogP contribution < -0.4 is 16.2 Å². The number of sulfone groups is 1. The number of hydrogen-bond donors (Lipinski definition) is 2. The largest absolute Gasteiger partial charge is 0.336 e. The summed E-state index contributed by atoms with van der Waals surface area (Å²) in [5.74, 6) is 0.227. The summed E-state index contributed by atoms with van der Waals surface area (Å²) >= 11 is 0. The maximum absolute atomic E-state index is 11.7. The van der Waals surface area contributed by atoms with Gasteiger partial charge in [-0.2, -0.15) is 0 Å². The molecule has 1 aliphatic heterocycles. The van der Waals surface area contributed by atoms with Gasteiger partial charge in [-0.1, -0.05) is 0 Å². The predicted octanol–water partition coefficient (Wildman–Crippen LogP) is -0.572. The minimum absolute atomic E-state index is 0.113. The van der Waals surface area contributed by atoms with E-state index < -0.39 is 9.84 Å². The highest BCUT2D eigenvalue weighted by molar-refractivity contribution is 7.91. The molecule has 0 aliphatic carbocycles. The van der Waals surface area contributed by atoms with E-state index in [-0.39, 0.29) is 29.1 Å². The van der Waals surface area contributed by atoms with Gasteiger partial charge in [0.1, 0.15) is 9.84 Å². The molecular formula is C13H20N4O4S. The van der Waals surface area contributed by atoms with Crippen LogP contribution in [0.2, 0.25) is 0 Å². The monoisotopic (exact) mass is 328 g/mol. The average Bonchev–Trinajstić information content (AvgIpc) is 2.44. The Morgan fingerprint density at radius 2 is 2.09 bits per heavy atom. The van der Waals surface area contributed by atoms with Crippen LogP contribution in [0.5, 0.6) is 0 Å². The molecule has 2 amide bonds. The maximum Gasteiger partial charge on any atom is 0.315 e. The third-order valence-corrected chi connectivity index (χ3v) is 5.26. The van der Waals surface area contributed by atoms with Gasteiger partial charge >= 0.3 is 6.03 Å². The predicted molar refractivity (Wildman–Crippen MR) is 81.4 cm³/mol. The number of carbonyl (C=O) groups is 1. The molecule has 9 heteroatoms. The minimum atomic E-state index is -2.93. The molecule has 8 nitrogen and oxygen atoms in total. The topological polar surface area (TPSA) is 110 Å². The molecule has 0 aromatic carbocycles. The lowest BCUT2D eigenvalue weighted by atomic mass is 10.2. The van der Waals surface area contributed by atoms with E-state index in [0.29, 0.717) is 31.6 Å². The Labute approximate surface area is 128 Å². The number of hydrogen-bond acceptors (Lipinski definition) is 5. The van der Waals surface area contributed by atoms with Crippen LogP contribution in [0.1, 0.15) is 18.5 Å². The molecule has 0 saturated carbocycles. The maximum atomic E-state index is 11.7. The third kappa shape index (κ3) is 4.83. The number of aryl methyl sites for hydroxylation is 1. The van der Waals surface area contributed by atoms with E-state index in [1.165, 1.54) is 17.0 Å². The lowest BCUT2D eigenvalue weighted by molar-refractivity contribution is 0.235. The van der Waals surface area contributed by atoms with Gasteiger partial charge in [0.2, 0.25) is 0 Å². The lowest BCUT2D eigenvalue weighted by Gasteiger charge is -2.23. The summed E-state index contributed by atoms with van der Waals surface area (Å²) in [7, 11) is -2.93. The van der Waals surface area contributed by atoms with Gasteiger partial charge in [0.15, 0.2) is 0 Å². The molecule has 1 aliphatic rings. The Morgan fingerprint density at radius 3 is 2.73 bits per heavy atom. The van der Waals surface area contributed by atoms with Crippen molar-refractivity contribution in [2.45, 2.75) is 32.4 Å². The Morgan fingerprint density at radius 1 is 1.41 bits per heavy atom. The van der Waals surface area contributed by atoms with Crippen molar-refractivity contribution in [3.05, 3.63) is 28.4 Å². The molecule has 0 bridgehead atoms. The fourth-order valence-electron chi connectivity index (χ4n) is 2.25. The van der Waals surface area contributed by atoms with Crippen LogP contribution >= 0.6 is 0 Å². The molecule has 1 aromatic heterocycles. The third-order valence-electron chi connectivity index (χ3n) is 3.54. The van der Waals surface area contributed by atoms with E-state index >= 15 is 0 Å². The van der Waals surface area contributed by atoms with Crippen molar-refractivity contribution in [2.24, 2.45) is 0 Å². The van der Waals surface area contributed by atoms with Gasteiger partial charge < -0.3 is 10.6 Å². The average molecular weight is 328 g/mol. The molecular weight excluding hydrogens is 308 g/mol. The molecule has 0 atom stereocenters. The Balaban J connectivity index is 1.73. The smallest absolute Gasteiger partial charge is 0.315 e. The van der Waals surface area contributed by atoms with Gasteiger partial charge in [-0.3, -0.25) is 9.36 Å². The first kappa shape index (κ1) is 16.5. The van der Waals surface area contributed by atoms with Crippen molar-refractivity contribution in [3.8, 4) is 0 Å².